The van der Waals surface area contributed by atoms with Crippen molar-refractivity contribution in [2.75, 3.05) is 13.7 Å². The van der Waals surface area contributed by atoms with Crippen molar-refractivity contribution in [1.29, 1.82) is 5.26 Å². The highest BCUT2D eigenvalue weighted by Gasteiger charge is 2.16. The van der Waals surface area contributed by atoms with Gasteiger partial charge in [0, 0.05) is 0 Å². The molecule has 0 aliphatic carbocycles. The molecule has 1 aromatic rings. The Morgan fingerprint density at radius 1 is 1.33 bits per heavy atom. The minimum atomic E-state index is -0.322. The number of esters is 1. The van der Waals surface area contributed by atoms with Gasteiger partial charge in [-0.05, 0) is 36.6 Å². The molecule has 0 aliphatic rings. The molecule has 0 saturated heterocycles. The number of benzene rings is 1. The van der Waals surface area contributed by atoms with E-state index in [9.17, 15) is 4.79 Å². The fourth-order valence-corrected chi connectivity index (χ4v) is 1.91. The summed E-state index contributed by atoms with van der Waals surface area (Å²) in [5, 5.41) is 9.10. The molecule has 0 radical (unpaired) electrons. The fraction of sp³-hybridized carbons (Fsp3) is 0.429. The molecular formula is C14H17NO3. The van der Waals surface area contributed by atoms with Crippen molar-refractivity contribution in [2.45, 2.75) is 26.7 Å². The van der Waals surface area contributed by atoms with Gasteiger partial charge >= 0.3 is 5.97 Å². The monoisotopic (exact) mass is 247 g/mol. The maximum atomic E-state index is 11.6. The SMILES string of the molecule is CCOC(=O)Cc1c(C#N)ccc(OC)c1CC. The third-order valence-corrected chi connectivity index (χ3v) is 2.71. The van der Waals surface area contributed by atoms with E-state index in [2.05, 4.69) is 6.07 Å². The lowest BCUT2D eigenvalue weighted by Gasteiger charge is -2.13. The summed E-state index contributed by atoms with van der Waals surface area (Å²) in [5.74, 6) is 0.382. The Labute approximate surface area is 107 Å². The van der Waals surface area contributed by atoms with Crippen LogP contribution in [0.1, 0.15) is 30.5 Å². The summed E-state index contributed by atoms with van der Waals surface area (Å²) in [5.41, 5.74) is 2.10. The molecule has 0 fully saturated rings. The van der Waals surface area contributed by atoms with Gasteiger partial charge in [0.25, 0.3) is 0 Å². The second-order valence-electron chi connectivity index (χ2n) is 3.72. The maximum Gasteiger partial charge on any atom is 0.310 e. The Hall–Kier alpha value is -2.02. The van der Waals surface area contributed by atoms with Crippen LogP contribution in [0.4, 0.5) is 0 Å². The van der Waals surface area contributed by atoms with Crippen molar-refractivity contribution in [3.8, 4) is 11.8 Å². The van der Waals surface area contributed by atoms with Crippen molar-refractivity contribution in [3.05, 3.63) is 28.8 Å². The highest BCUT2D eigenvalue weighted by Crippen LogP contribution is 2.26. The smallest absolute Gasteiger partial charge is 0.310 e. The van der Waals surface area contributed by atoms with Gasteiger partial charge in [-0.25, -0.2) is 0 Å². The van der Waals surface area contributed by atoms with E-state index in [1.165, 1.54) is 0 Å². The molecule has 4 heteroatoms. The van der Waals surface area contributed by atoms with Gasteiger partial charge in [-0.3, -0.25) is 4.79 Å². The van der Waals surface area contributed by atoms with E-state index < -0.39 is 0 Å². The maximum absolute atomic E-state index is 11.6. The van der Waals surface area contributed by atoms with Crippen LogP contribution in [0, 0.1) is 11.3 Å². The Morgan fingerprint density at radius 2 is 2.06 bits per heavy atom. The summed E-state index contributed by atoms with van der Waals surface area (Å²) in [7, 11) is 1.58. The van der Waals surface area contributed by atoms with Crippen LogP contribution in [0.15, 0.2) is 12.1 Å². The number of methoxy groups -OCH3 is 1. The number of hydrogen-bond acceptors (Lipinski definition) is 4. The van der Waals surface area contributed by atoms with E-state index in [0.29, 0.717) is 29.9 Å². The number of nitrogens with zero attached hydrogens (tertiary/aromatic N) is 1. The van der Waals surface area contributed by atoms with Gasteiger partial charge in [-0.15, -0.1) is 0 Å². The first-order valence-corrected chi connectivity index (χ1v) is 5.92. The van der Waals surface area contributed by atoms with Crippen LogP contribution in [0.3, 0.4) is 0 Å². The van der Waals surface area contributed by atoms with Crippen molar-refractivity contribution < 1.29 is 14.3 Å². The number of rotatable bonds is 5. The molecule has 18 heavy (non-hydrogen) atoms. The lowest BCUT2D eigenvalue weighted by molar-refractivity contribution is -0.142. The quantitative estimate of drug-likeness (QED) is 0.749. The first kappa shape index (κ1) is 14.0. The Morgan fingerprint density at radius 3 is 2.56 bits per heavy atom. The van der Waals surface area contributed by atoms with Crippen LogP contribution in [-0.4, -0.2) is 19.7 Å². The topological polar surface area (TPSA) is 59.3 Å². The van der Waals surface area contributed by atoms with E-state index in [0.717, 1.165) is 5.56 Å². The van der Waals surface area contributed by atoms with E-state index >= 15 is 0 Å². The van der Waals surface area contributed by atoms with Crippen LogP contribution in [0.2, 0.25) is 0 Å². The predicted octanol–water partition coefficient (Wildman–Crippen LogP) is 2.23. The minimum Gasteiger partial charge on any atom is -0.496 e. The summed E-state index contributed by atoms with van der Waals surface area (Å²) < 4.78 is 10.2. The first-order valence-electron chi connectivity index (χ1n) is 5.92. The Kier molecular flexibility index (Phi) is 5.19. The van der Waals surface area contributed by atoms with Crippen molar-refractivity contribution in [1.82, 2.24) is 0 Å². The molecule has 1 aromatic carbocycles. The molecule has 96 valence electrons. The molecule has 0 atom stereocenters. The van der Waals surface area contributed by atoms with Crippen LogP contribution in [0.25, 0.3) is 0 Å². The van der Waals surface area contributed by atoms with Gasteiger partial charge in [0.05, 0.1) is 31.8 Å². The summed E-state index contributed by atoms with van der Waals surface area (Å²) in [6, 6.07) is 5.53. The molecular weight excluding hydrogens is 230 g/mol. The van der Waals surface area contributed by atoms with Crippen molar-refractivity contribution >= 4 is 5.97 Å². The van der Waals surface area contributed by atoms with E-state index in [4.69, 9.17) is 14.7 Å². The molecule has 0 bridgehead atoms. The molecule has 0 saturated carbocycles. The molecule has 0 aliphatic heterocycles. The summed E-state index contributed by atoms with van der Waals surface area (Å²) in [6.45, 7) is 4.06. The Balaban J connectivity index is 3.20. The number of hydrogen-bond donors (Lipinski definition) is 0. The third kappa shape index (κ3) is 3.01. The zero-order valence-corrected chi connectivity index (χ0v) is 10.9. The number of carbonyl (C=O) groups excluding carboxylic acids is 1. The lowest BCUT2D eigenvalue weighted by atomic mass is 9.96. The first-order chi connectivity index (χ1) is 8.67. The average molecular weight is 247 g/mol. The lowest BCUT2D eigenvalue weighted by Crippen LogP contribution is -2.11. The number of nitriles is 1. The third-order valence-electron chi connectivity index (χ3n) is 2.71. The molecule has 0 heterocycles. The number of carbonyl (C=O) groups is 1. The molecule has 1 rings (SSSR count). The molecule has 0 aromatic heterocycles. The summed E-state index contributed by atoms with van der Waals surface area (Å²) >= 11 is 0. The molecule has 0 unspecified atom stereocenters. The van der Waals surface area contributed by atoms with E-state index in [1.54, 1.807) is 26.2 Å². The zero-order chi connectivity index (χ0) is 13.5. The van der Waals surface area contributed by atoms with E-state index in [-0.39, 0.29) is 12.4 Å². The van der Waals surface area contributed by atoms with Gasteiger partial charge in [-0.1, -0.05) is 6.92 Å². The van der Waals surface area contributed by atoms with Crippen molar-refractivity contribution in [2.24, 2.45) is 0 Å². The van der Waals surface area contributed by atoms with Crippen LogP contribution < -0.4 is 4.74 Å². The fourth-order valence-electron chi connectivity index (χ4n) is 1.91. The average Bonchev–Trinajstić information content (AvgIpc) is 2.38. The van der Waals surface area contributed by atoms with Gasteiger partial charge in [0.2, 0.25) is 0 Å². The van der Waals surface area contributed by atoms with Crippen LogP contribution in [0.5, 0.6) is 5.75 Å². The van der Waals surface area contributed by atoms with Gasteiger partial charge in [-0.2, -0.15) is 5.26 Å². The largest absolute Gasteiger partial charge is 0.496 e. The predicted molar refractivity (Wildman–Crippen MR) is 67.4 cm³/mol. The molecule has 4 nitrogen and oxygen atoms in total. The molecule has 0 N–H and O–H groups in total. The van der Waals surface area contributed by atoms with E-state index in [1.807, 2.05) is 6.92 Å². The van der Waals surface area contributed by atoms with Crippen LogP contribution in [-0.2, 0) is 22.4 Å². The standard InChI is InChI=1S/C14H17NO3/c1-4-11-12(8-14(16)18-5-2)10(9-15)6-7-13(11)17-3/h6-7H,4-5,8H2,1-3H3. The second-order valence-corrected chi connectivity index (χ2v) is 3.72. The van der Waals surface area contributed by atoms with Gasteiger partial charge in [0.15, 0.2) is 0 Å². The van der Waals surface area contributed by atoms with Crippen LogP contribution >= 0.6 is 0 Å². The number of ether oxygens (including phenoxy) is 2. The van der Waals surface area contributed by atoms with Gasteiger partial charge < -0.3 is 9.47 Å². The minimum absolute atomic E-state index is 0.108. The second kappa shape index (κ2) is 6.65. The highest BCUT2D eigenvalue weighted by atomic mass is 16.5. The van der Waals surface area contributed by atoms with Crippen molar-refractivity contribution in [3.63, 3.8) is 0 Å². The highest BCUT2D eigenvalue weighted by molar-refractivity contribution is 5.74. The molecule has 0 spiro atoms. The van der Waals surface area contributed by atoms with Gasteiger partial charge in [0.1, 0.15) is 5.75 Å². The zero-order valence-electron chi connectivity index (χ0n) is 10.9. The Bertz CT molecular complexity index is 475. The molecule has 0 amide bonds. The normalized spacial score (nSPS) is 9.67. The summed E-state index contributed by atoms with van der Waals surface area (Å²) in [6.07, 6.45) is 0.810. The summed E-state index contributed by atoms with van der Waals surface area (Å²) in [4.78, 5) is 11.6.